The number of benzene rings is 2. The third-order valence-corrected chi connectivity index (χ3v) is 5.63. The Morgan fingerprint density at radius 1 is 1.21 bits per heavy atom. The van der Waals surface area contributed by atoms with Crippen LogP contribution in [0.5, 0.6) is 5.75 Å². The van der Waals surface area contributed by atoms with Crippen molar-refractivity contribution in [2.24, 2.45) is 7.05 Å². The van der Waals surface area contributed by atoms with Crippen LogP contribution in [0.2, 0.25) is 5.02 Å². The second kappa shape index (κ2) is 9.29. The minimum atomic E-state index is -1.07. The lowest BCUT2D eigenvalue weighted by atomic mass is 10.00. The molecule has 172 valence electrons. The second-order valence-corrected chi connectivity index (χ2v) is 7.83. The van der Waals surface area contributed by atoms with Crippen LogP contribution in [0.25, 0.3) is 39.6 Å². The Labute approximate surface area is 198 Å². The van der Waals surface area contributed by atoms with E-state index in [-0.39, 0.29) is 5.57 Å². The zero-order valence-corrected chi connectivity index (χ0v) is 18.9. The Balaban J connectivity index is 1.88. The maximum Gasteiger partial charge on any atom is 0.328 e. The van der Waals surface area contributed by atoms with Crippen molar-refractivity contribution in [3.63, 3.8) is 0 Å². The van der Waals surface area contributed by atoms with Gasteiger partial charge in [-0.05, 0) is 35.9 Å². The number of ether oxygens (including phenoxy) is 1. The lowest BCUT2D eigenvalue weighted by Crippen LogP contribution is -2.22. The number of imide groups is 1. The van der Waals surface area contributed by atoms with Crippen molar-refractivity contribution >= 4 is 69.5 Å². The van der Waals surface area contributed by atoms with Crippen molar-refractivity contribution in [3.8, 4) is 5.75 Å². The topological polar surface area (TPSA) is 111 Å². The average molecular weight is 479 g/mol. The first kappa shape index (κ1) is 22.9. The highest BCUT2D eigenvalue weighted by Gasteiger charge is 2.19. The minimum absolute atomic E-state index is 0.208. The molecular formula is C25H19ClN2O6. The smallest absolute Gasteiger partial charge is 0.328 e. The fraction of sp³-hybridized carbons (Fsp3) is 0.0800. The molecule has 4 rings (SSSR count). The Morgan fingerprint density at radius 2 is 2.00 bits per heavy atom. The molecule has 2 heterocycles. The molecule has 4 aromatic rings. The standard InChI is InChI=1S/C25H19ClN2O6/c1-28-11-15(17-9-20(26)23(33-2)10-21(17)28)8-18(25(32)27-13-29)19-12-34-22-7-14(3-5-16(19)22)4-6-24(30)31/h3-13H,1-2H3,(H,30,31)(H,27,29,32)/b6-4+,18-8+. The highest BCUT2D eigenvalue weighted by atomic mass is 35.5. The van der Waals surface area contributed by atoms with Crippen LogP contribution in [0.3, 0.4) is 0 Å². The van der Waals surface area contributed by atoms with Gasteiger partial charge in [0.15, 0.2) is 0 Å². The predicted octanol–water partition coefficient (Wildman–Crippen LogP) is 4.50. The normalized spacial score (nSPS) is 11.9. The number of amides is 2. The number of carbonyl (C=O) groups is 3. The Hall–Kier alpha value is -4.30. The number of carboxylic acid groups (broad SMARTS) is 1. The quantitative estimate of drug-likeness (QED) is 0.299. The van der Waals surface area contributed by atoms with Crippen molar-refractivity contribution < 1.29 is 28.6 Å². The number of nitrogens with zero attached hydrogens (tertiary/aromatic N) is 1. The van der Waals surface area contributed by atoms with Crippen LogP contribution < -0.4 is 10.1 Å². The molecule has 0 aliphatic heterocycles. The Morgan fingerprint density at radius 3 is 2.71 bits per heavy atom. The number of carboxylic acids is 1. The summed E-state index contributed by atoms with van der Waals surface area (Å²) >= 11 is 6.33. The monoisotopic (exact) mass is 478 g/mol. The molecule has 2 N–H and O–H groups in total. The van der Waals surface area contributed by atoms with Gasteiger partial charge in [0.25, 0.3) is 5.91 Å². The van der Waals surface area contributed by atoms with Crippen LogP contribution in [-0.4, -0.2) is 35.1 Å². The molecule has 8 nitrogen and oxygen atoms in total. The molecule has 0 radical (unpaired) electrons. The SMILES string of the molecule is COc1cc2c(cc1Cl)c(/C=C(/C(=O)NC=O)c1coc3cc(/C=C/C(=O)O)ccc13)cn2C. The fourth-order valence-electron chi connectivity index (χ4n) is 3.76. The molecule has 0 saturated carbocycles. The van der Waals surface area contributed by atoms with E-state index in [2.05, 4.69) is 5.32 Å². The number of methoxy groups -OCH3 is 1. The maximum absolute atomic E-state index is 12.9. The molecule has 0 aliphatic carbocycles. The van der Waals surface area contributed by atoms with E-state index in [0.29, 0.717) is 44.8 Å². The van der Waals surface area contributed by atoms with Crippen molar-refractivity contribution in [1.82, 2.24) is 9.88 Å². The number of aryl methyl sites for hydroxylation is 1. The summed E-state index contributed by atoms with van der Waals surface area (Å²) in [5.74, 6) is -1.15. The van der Waals surface area contributed by atoms with Gasteiger partial charge in [0.05, 0.1) is 29.5 Å². The van der Waals surface area contributed by atoms with Crippen molar-refractivity contribution in [3.05, 3.63) is 70.6 Å². The third kappa shape index (κ3) is 4.31. The number of carbonyl (C=O) groups excluding carboxylic acids is 2. The zero-order chi connectivity index (χ0) is 24.4. The molecule has 34 heavy (non-hydrogen) atoms. The number of hydrogen-bond acceptors (Lipinski definition) is 5. The number of aromatic nitrogens is 1. The molecule has 9 heteroatoms. The summed E-state index contributed by atoms with van der Waals surface area (Å²) in [7, 11) is 3.39. The summed E-state index contributed by atoms with van der Waals surface area (Å²) < 4.78 is 12.8. The average Bonchev–Trinajstić information content (AvgIpc) is 3.35. The number of aliphatic carboxylic acids is 1. The number of hydrogen-bond donors (Lipinski definition) is 2. The molecule has 0 unspecified atom stereocenters. The van der Waals surface area contributed by atoms with Gasteiger partial charge in [-0.25, -0.2) is 4.79 Å². The van der Waals surface area contributed by atoms with E-state index in [0.717, 1.165) is 17.0 Å². The molecule has 0 saturated heterocycles. The minimum Gasteiger partial charge on any atom is -0.495 e. The summed E-state index contributed by atoms with van der Waals surface area (Å²) in [6.45, 7) is 0. The second-order valence-electron chi connectivity index (χ2n) is 7.43. The van der Waals surface area contributed by atoms with Crippen LogP contribution in [0.4, 0.5) is 0 Å². The van der Waals surface area contributed by atoms with Gasteiger partial charge in [0.2, 0.25) is 6.41 Å². The van der Waals surface area contributed by atoms with Gasteiger partial charge in [0.1, 0.15) is 11.3 Å². The summed E-state index contributed by atoms with van der Waals surface area (Å²) in [4.78, 5) is 34.7. The van der Waals surface area contributed by atoms with Gasteiger partial charge >= 0.3 is 5.97 Å². The predicted molar refractivity (Wildman–Crippen MR) is 129 cm³/mol. The first-order chi connectivity index (χ1) is 16.3. The molecule has 0 aliphatic rings. The summed E-state index contributed by atoms with van der Waals surface area (Å²) in [6.07, 6.45) is 7.70. The number of halogens is 1. The molecule has 0 fully saturated rings. The first-order valence-corrected chi connectivity index (χ1v) is 10.4. The molecule has 0 bridgehead atoms. The molecule has 2 aromatic heterocycles. The van der Waals surface area contributed by atoms with Gasteiger partial charge in [-0.1, -0.05) is 17.7 Å². The van der Waals surface area contributed by atoms with Crippen LogP contribution in [0, 0.1) is 0 Å². The number of rotatable bonds is 7. The lowest BCUT2D eigenvalue weighted by molar-refractivity contribution is -0.131. The van der Waals surface area contributed by atoms with Crippen LogP contribution >= 0.6 is 11.6 Å². The number of furan rings is 1. The molecular weight excluding hydrogens is 460 g/mol. The fourth-order valence-corrected chi connectivity index (χ4v) is 4.00. The first-order valence-electron chi connectivity index (χ1n) is 10.0. The van der Waals surface area contributed by atoms with Gasteiger partial charge in [-0.2, -0.15) is 0 Å². The van der Waals surface area contributed by atoms with Gasteiger partial charge in [0, 0.05) is 47.3 Å². The van der Waals surface area contributed by atoms with E-state index in [1.807, 2.05) is 17.8 Å². The van der Waals surface area contributed by atoms with E-state index in [9.17, 15) is 14.4 Å². The number of fused-ring (bicyclic) bond motifs is 2. The lowest BCUT2D eigenvalue weighted by Gasteiger charge is -2.06. The van der Waals surface area contributed by atoms with Crippen molar-refractivity contribution in [2.45, 2.75) is 0 Å². The number of nitrogens with one attached hydrogen (secondary N) is 1. The Kier molecular flexibility index (Phi) is 6.25. The van der Waals surface area contributed by atoms with Crippen molar-refractivity contribution in [2.75, 3.05) is 7.11 Å². The van der Waals surface area contributed by atoms with E-state index in [4.69, 9.17) is 25.9 Å². The van der Waals surface area contributed by atoms with Gasteiger partial charge in [-0.15, -0.1) is 0 Å². The molecule has 2 amide bonds. The third-order valence-electron chi connectivity index (χ3n) is 5.34. The molecule has 2 aromatic carbocycles. The highest BCUT2D eigenvalue weighted by Crippen LogP contribution is 2.35. The van der Waals surface area contributed by atoms with E-state index in [1.165, 1.54) is 19.4 Å². The molecule has 0 spiro atoms. The van der Waals surface area contributed by atoms with Crippen LogP contribution in [-0.2, 0) is 21.4 Å². The Bertz CT molecular complexity index is 1510. The van der Waals surface area contributed by atoms with Gasteiger partial charge in [-0.3, -0.25) is 14.9 Å². The van der Waals surface area contributed by atoms with Crippen LogP contribution in [0.15, 0.2) is 53.3 Å². The summed E-state index contributed by atoms with van der Waals surface area (Å²) in [5, 5.41) is 12.9. The van der Waals surface area contributed by atoms with Gasteiger partial charge < -0.3 is 18.8 Å². The van der Waals surface area contributed by atoms with E-state index >= 15 is 0 Å². The van der Waals surface area contributed by atoms with E-state index < -0.39 is 11.9 Å². The van der Waals surface area contributed by atoms with E-state index in [1.54, 1.807) is 36.4 Å². The largest absolute Gasteiger partial charge is 0.495 e. The maximum atomic E-state index is 12.9. The highest BCUT2D eigenvalue weighted by molar-refractivity contribution is 6.33. The zero-order valence-electron chi connectivity index (χ0n) is 18.2. The summed E-state index contributed by atoms with van der Waals surface area (Å²) in [6, 6.07) is 8.66. The molecule has 0 atom stereocenters. The van der Waals surface area contributed by atoms with Crippen molar-refractivity contribution in [1.29, 1.82) is 0 Å². The van der Waals surface area contributed by atoms with Crippen LogP contribution in [0.1, 0.15) is 16.7 Å². The summed E-state index contributed by atoms with van der Waals surface area (Å²) in [5.41, 5.74) is 3.30.